The third-order valence-electron chi connectivity index (χ3n) is 3.02. The van der Waals surface area contributed by atoms with Crippen LogP contribution in [0.25, 0.3) is 10.9 Å². The molecule has 0 aliphatic rings. The highest BCUT2D eigenvalue weighted by Crippen LogP contribution is 2.26. The maximum atomic E-state index is 4.57. The Labute approximate surface area is 126 Å². The van der Waals surface area contributed by atoms with E-state index < -0.39 is 0 Å². The Morgan fingerprint density at radius 1 is 1.10 bits per heavy atom. The molecule has 100 valence electrons. The van der Waals surface area contributed by atoms with Gasteiger partial charge in [-0.2, -0.15) is 0 Å². The van der Waals surface area contributed by atoms with E-state index in [0.717, 1.165) is 32.6 Å². The van der Waals surface area contributed by atoms with Crippen LogP contribution in [-0.4, -0.2) is 9.97 Å². The van der Waals surface area contributed by atoms with Gasteiger partial charge in [0.25, 0.3) is 0 Å². The first kappa shape index (κ1) is 13.1. The Morgan fingerprint density at radius 2 is 1.95 bits per heavy atom. The Balaban J connectivity index is 2.10. The van der Waals surface area contributed by atoms with Crippen molar-refractivity contribution in [2.45, 2.75) is 13.8 Å². The van der Waals surface area contributed by atoms with Crippen LogP contribution in [0.3, 0.4) is 0 Å². The minimum Gasteiger partial charge on any atom is -0.338 e. The van der Waals surface area contributed by atoms with Gasteiger partial charge in [0.2, 0.25) is 0 Å². The van der Waals surface area contributed by atoms with Crippen LogP contribution < -0.4 is 5.32 Å². The van der Waals surface area contributed by atoms with Crippen LogP contribution in [0.4, 0.5) is 11.5 Å². The van der Waals surface area contributed by atoms with Crippen LogP contribution in [0.5, 0.6) is 0 Å². The van der Waals surface area contributed by atoms with Gasteiger partial charge in [-0.25, -0.2) is 4.98 Å². The summed E-state index contributed by atoms with van der Waals surface area (Å²) in [4.78, 5) is 8.99. The van der Waals surface area contributed by atoms with Gasteiger partial charge in [0, 0.05) is 27.4 Å². The second-order valence-electron chi connectivity index (χ2n) is 4.83. The molecule has 3 rings (SSSR count). The number of aromatic nitrogens is 2. The Morgan fingerprint density at radius 3 is 2.75 bits per heavy atom. The van der Waals surface area contributed by atoms with Crippen molar-refractivity contribution in [1.82, 2.24) is 9.97 Å². The molecule has 1 aromatic carbocycles. The minimum absolute atomic E-state index is 0.790. The molecule has 3 nitrogen and oxygen atoms in total. The van der Waals surface area contributed by atoms with Gasteiger partial charge >= 0.3 is 0 Å². The predicted molar refractivity (Wildman–Crippen MR) is 86.4 cm³/mol. The molecule has 0 spiro atoms. The fourth-order valence-electron chi connectivity index (χ4n) is 2.25. The number of nitrogens with one attached hydrogen (secondary N) is 1. The van der Waals surface area contributed by atoms with Crippen molar-refractivity contribution in [3.05, 3.63) is 58.3 Å². The lowest BCUT2D eigenvalue weighted by molar-refractivity contribution is 1.20. The lowest BCUT2D eigenvalue weighted by atomic mass is 10.2. The zero-order valence-electron chi connectivity index (χ0n) is 11.3. The number of pyridine rings is 2. The first-order valence-corrected chi connectivity index (χ1v) is 7.18. The second kappa shape index (κ2) is 5.21. The molecule has 0 atom stereocenters. The van der Waals surface area contributed by atoms with Crippen molar-refractivity contribution in [1.29, 1.82) is 0 Å². The van der Waals surface area contributed by atoms with Crippen molar-refractivity contribution < 1.29 is 0 Å². The molecule has 2 aromatic heterocycles. The van der Waals surface area contributed by atoms with Gasteiger partial charge in [-0.1, -0.05) is 22.0 Å². The van der Waals surface area contributed by atoms with Crippen LogP contribution in [0.1, 0.15) is 11.3 Å². The van der Waals surface area contributed by atoms with Gasteiger partial charge in [-0.3, -0.25) is 4.98 Å². The Bertz CT molecular complexity index is 764. The van der Waals surface area contributed by atoms with Gasteiger partial charge in [-0.15, -0.1) is 0 Å². The van der Waals surface area contributed by atoms with E-state index in [1.165, 1.54) is 5.56 Å². The third kappa shape index (κ3) is 2.65. The summed E-state index contributed by atoms with van der Waals surface area (Å²) in [7, 11) is 0. The molecule has 4 heteroatoms. The molecular weight excluding hydrogens is 314 g/mol. The molecule has 0 radical (unpaired) electrons. The molecule has 2 heterocycles. The van der Waals surface area contributed by atoms with Crippen molar-refractivity contribution in [2.75, 3.05) is 5.32 Å². The molecule has 0 bridgehead atoms. The highest BCUT2D eigenvalue weighted by atomic mass is 79.9. The van der Waals surface area contributed by atoms with E-state index in [1.807, 2.05) is 31.2 Å². The Kier molecular flexibility index (Phi) is 3.40. The van der Waals surface area contributed by atoms with Gasteiger partial charge in [0.1, 0.15) is 5.52 Å². The zero-order chi connectivity index (χ0) is 14.1. The van der Waals surface area contributed by atoms with E-state index in [0.29, 0.717) is 0 Å². The highest BCUT2D eigenvalue weighted by Gasteiger charge is 2.06. The maximum absolute atomic E-state index is 4.57. The zero-order valence-corrected chi connectivity index (χ0v) is 12.9. The molecule has 0 aliphatic heterocycles. The molecule has 0 amide bonds. The number of hydrogen-bond donors (Lipinski definition) is 1. The number of benzene rings is 1. The molecule has 0 fully saturated rings. The number of fused-ring (bicyclic) bond motifs is 1. The summed E-state index contributed by atoms with van der Waals surface area (Å²) < 4.78 is 1.05. The second-order valence-corrected chi connectivity index (χ2v) is 5.75. The summed E-state index contributed by atoms with van der Waals surface area (Å²) in [5.74, 6) is 0.790. The van der Waals surface area contributed by atoms with Crippen molar-refractivity contribution in [3.8, 4) is 0 Å². The van der Waals surface area contributed by atoms with E-state index in [9.17, 15) is 0 Å². The SMILES string of the molecule is Cc1cc(Br)cc(Nc2nc(C)cc3cccnc23)c1. The number of rotatable bonds is 2. The number of halogens is 1. The number of nitrogens with zero attached hydrogens (tertiary/aromatic N) is 2. The highest BCUT2D eigenvalue weighted by molar-refractivity contribution is 9.10. The number of hydrogen-bond acceptors (Lipinski definition) is 3. The van der Waals surface area contributed by atoms with Crippen LogP contribution in [-0.2, 0) is 0 Å². The first-order valence-electron chi connectivity index (χ1n) is 6.38. The molecular formula is C16H14BrN3. The van der Waals surface area contributed by atoms with E-state index in [4.69, 9.17) is 0 Å². The van der Waals surface area contributed by atoms with Crippen LogP contribution in [0.2, 0.25) is 0 Å². The van der Waals surface area contributed by atoms with Gasteiger partial charge in [-0.05, 0) is 49.7 Å². The van der Waals surface area contributed by atoms with Crippen molar-refractivity contribution in [3.63, 3.8) is 0 Å². The van der Waals surface area contributed by atoms with Crippen molar-refractivity contribution >= 4 is 38.3 Å². The normalized spacial score (nSPS) is 10.8. The molecule has 0 saturated carbocycles. The monoisotopic (exact) mass is 327 g/mol. The van der Waals surface area contributed by atoms with E-state index in [-0.39, 0.29) is 0 Å². The summed E-state index contributed by atoms with van der Waals surface area (Å²) in [5, 5.41) is 4.46. The molecule has 0 aliphatic carbocycles. The van der Waals surface area contributed by atoms with Gasteiger partial charge < -0.3 is 5.32 Å². The van der Waals surface area contributed by atoms with Gasteiger partial charge in [0.15, 0.2) is 5.82 Å². The van der Waals surface area contributed by atoms with E-state index in [1.54, 1.807) is 6.20 Å². The molecule has 0 saturated heterocycles. The lowest BCUT2D eigenvalue weighted by Crippen LogP contribution is -1.98. The summed E-state index contributed by atoms with van der Waals surface area (Å²) in [6.07, 6.45) is 1.79. The summed E-state index contributed by atoms with van der Waals surface area (Å²) >= 11 is 3.51. The van der Waals surface area contributed by atoms with Crippen LogP contribution >= 0.6 is 15.9 Å². The molecule has 3 aromatic rings. The van der Waals surface area contributed by atoms with E-state index in [2.05, 4.69) is 50.3 Å². The lowest BCUT2D eigenvalue weighted by Gasteiger charge is -2.10. The number of aryl methyl sites for hydroxylation is 2. The quantitative estimate of drug-likeness (QED) is 0.737. The maximum Gasteiger partial charge on any atom is 0.157 e. The minimum atomic E-state index is 0.790. The fraction of sp³-hybridized carbons (Fsp3) is 0.125. The van der Waals surface area contributed by atoms with E-state index >= 15 is 0 Å². The van der Waals surface area contributed by atoms with Crippen molar-refractivity contribution in [2.24, 2.45) is 0 Å². The third-order valence-corrected chi connectivity index (χ3v) is 3.48. The standard InChI is InChI=1S/C16H14BrN3/c1-10-6-13(17)9-14(7-10)20-16-15-12(4-3-5-18-15)8-11(2)19-16/h3-9H,1-2H3,(H,19,20). The molecule has 20 heavy (non-hydrogen) atoms. The summed E-state index contributed by atoms with van der Waals surface area (Å²) in [6.45, 7) is 4.06. The Hall–Kier alpha value is -1.94. The molecule has 0 unspecified atom stereocenters. The van der Waals surface area contributed by atoms with Gasteiger partial charge in [0.05, 0.1) is 0 Å². The smallest absolute Gasteiger partial charge is 0.157 e. The number of anilines is 2. The van der Waals surface area contributed by atoms with Crippen LogP contribution in [0, 0.1) is 13.8 Å². The molecule has 1 N–H and O–H groups in total. The first-order chi connectivity index (χ1) is 9.61. The summed E-state index contributed by atoms with van der Waals surface area (Å²) in [6, 6.07) is 12.2. The fourth-order valence-corrected chi connectivity index (χ4v) is 2.86. The summed E-state index contributed by atoms with van der Waals surface area (Å²) in [5.41, 5.74) is 4.05. The predicted octanol–water partition coefficient (Wildman–Crippen LogP) is 4.75. The van der Waals surface area contributed by atoms with Crippen LogP contribution in [0.15, 0.2) is 47.1 Å². The average Bonchev–Trinajstić information content (AvgIpc) is 2.37. The average molecular weight is 328 g/mol. The largest absolute Gasteiger partial charge is 0.338 e. The topological polar surface area (TPSA) is 37.8 Å².